The van der Waals surface area contributed by atoms with E-state index in [2.05, 4.69) is 5.32 Å². The molecule has 1 unspecified atom stereocenters. The van der Waals surface area contributed by atoms with Crippen LogP contribution in [0.4, 0.5) is 5.69 Å². The summed E-state index contributed by atoms with van der Waals surface area (Å²) in [5.74, 6) is -0.267. The van der Waals surface area contributed by atoms with E-state index in [4.69, 9.17) is 5.11 Å². The lowest BCUT2D eigenvalue weighted by Gasteiger charge is -2.18. The monoisotopic (exact) mass is 245 g/mol. The molecular formula is C14H15NO3. The van der Waals surface area contributed by atoms with E-state index in [0.717, 1.165) is 29.7 Å². The lowest BCUT2D eigenvalue weighted by Crippen LogP contribution is -2.11. The maximum Gasteiger partial charge on any atom is 0.303 e. The van der Waals surface area contributed by atoms with E-state index in [1.807, 2.05) is 18.2 Å². The number of hydrogen-bond donors (Lipinski definition) is 2. The van der Waals surface area contributed by atoms with Gasteiger partial charge in [0, 0.05) is 5.69 Å². The molecule has 1 heterocycles. The van der Waals surface area contributed by atoms with Crippen LogP contribution in [0.25, 0.3) is 0 Å². The molecule has 94 valence electrons. The van der Waals surface area contributed by atoms with Crippen LogP contribution in [-0.2, 0) is 16.0 Å². The van der Waals surface area contributed by atoms with E-state index in [1.54, 1.807) is 0 Å². The van der Waals surface area contributed by atoms with Gasteiger partial charge in [0.25, 0.3) is 0 Å². The highest BCUT2D eigenvalue weighted by atomic mass is 16.4. The number of amides is 1. The zero-order valence-electron chi connectivity index (χ0n) is 9.98. The van der Waals surface area contributed by atoms with Crippen molar-refractivity contribution in [1.29, 1.82) is 0 Å². The van der Waals surface area contributed by atoms with Gasteiger partial charge in [0.05, 0.1) is 12.8 Å². The average molecular weight is 245 g/mol. The molecule has 0 radical (unpaired) electrons. The Morgan fingerprint density at radius 3 is 2.89 bits per heavy atom. The van der Waals surface area contributed by atoms with Crippen molar-refractivity contribution in [3.05, 3.63) is 29.3 Å². The maximum absolute atomic E-state index is 11.5. The van der Waals surface area contributed by atoms with Gasteiger partial charge < -0.3 is 10.4 Å². The fraction of sp³-hybridized carbons (Fsp3) is 0.429. The molecule has 1 aromatic carbocycles. The van der Waals surface area contributed by atoms with E-state index in [9.17, 15) is 9.59 Å². The number of carboxylic acids is 1. The largest absolute Gasteiger partial charge is 0.481 e. The number of carbonyl (C=O) groups excluding carboxylic acids is 1. The molecule has 0 aromatic heterocycles. The van der Waals surface area contributed by atoms with Crippen molar-refractivity contribution in [1.82, 2.24) is 0 Å². The van der Waals surface area contributed by atoms with Crippen LogP contribution < -0.4 is 5.32 Å². The standard InChI is InChI=1S/C14H15NO3/c16-12-6-9-2-1-3-10(14(9)15-12)11(7-13(17)18)8-4-5-8/h1-3,8,11H,4-7H2,(H,15,16)(H,17,18). The third kappa shape index (κ3) is 1.98. The molecule has 3 rings (SSSR count). The highest BCUT2D eigenvalue weighted by Gasteiger charge is 2.36. The molecule has 1 aliphatic carbocycles. The number of aliphatic carboxylic acids is 1. The highest BCUT2D eigenvalue weighted by molar-refractivity contribution is 6.00. The SMILES string of the molecule is O=C(O)CC(c1cccc2c1NC(=O)C2)C1CC1. The van der Waals surface area contributed by atoms with Gasteiger partial charge in [0.2, 0.25) is 5.91 Å². The first-order chi connectivity index (χ1) is 8.65. The summed E-state index contributed by atoms with van der Waals surface area (Å²) in [4.78, 5) is 22.4. The second kappa shape index (κ2) is 4.12. The fourth-order valence-corrected chi connectivity index (χ4v) is 2.80. The normalized spacial score (nSPS) is 19.2. The number of rotatable bonds is 4. The molecule has 4 heteroatoms. The van der Waals surface area contributed by atoms with Crippen LogP contribution in [0.15, 0.2) is 18.2 Å². The molecule has 1 saturated carbocycles. The molecule has 1 aliphatic heterocycles. The zero-order chi connectivity index (χ0) is 12.7. The molecular weight excluding hydrogens is 230 g/mol. The quantitative estimate of drug-likeness (QED) is 0.854. The Hall–Kier alpha value is -1.84. The number of carboxylic acid groups (broad SMARTS) is 1. The van der Waals surface area contributed by atoms with Gasteiger partial charge in [-0.25, -0.2) is 0 Å². The molecule has 4 nitrogen and oxygen atoms in total. The van der Waals surface area contributed by atoms with E-state index < -0.39 is 5.97 Å². The van der Waals surface area contributed by atoms with Gasteiger partial charge in [-0.2, -0.15) is 0 Å². The summed E-state index contributed by atoms with van der Waals surface area (Å²) in [6, 6.07) is 5.81. The van der Waals surface area contributed by atoms with Crippen LogP contribution in [0.3, 0.4) is 0 Å². The second-order valence-electron chi connectivity index (χ2n) is 5.15. The Bertz CT molecular complexity index is 520. The molecule has 1 amide bonds. The zero-order valence-corrected chi connectivity index (χ0v) is 9.98. The topological polar surface area (TPSA) is 66.4 Å². The van der Waals surface area contributed by atoms with Crippen molar-refractivity contribution < 1.29 is 14.7 Å². The Labute approximate surface area is 105 Å². The van der Waals surface area contributed by atoms with E-state index >= 15 is 0 Å². The predicted molar refractivity (Wildman–Crippen MR) is 66.5 cm³/mol. The summed E-state index contributed by atoms with van der Waals surface area (Å²) < 4.78 is 0. The van der Waals surface area contributed by atoms with Crippen LogP contribution in [0.5, 0.6) is 0 Å². The third-order valence-corrected chi connectivity index (χ3v) is 3.78. The first kappa shape index (κ1) is 11.3. The lowest BCUT2D eigenvalue weighted by atomic mass is 9.88. The van der Waals surface area contributed by atoms with E-state index in [-0.39, 0.29) is 18.2 Å². The first-order valence-corrected chi connectivity index (χ1v) is 6.28. The Morgan fingerprint density at radius 2 is 2.22 bits per heavy atom. The van der Waals surface area contributed by atoms with Crippen LogP contribution in [0.2, 0.25) is 0 Å². The number of anilines is 1. The third-order valence-electron chi connectivity index (χ3n) is 3.78. The van der Waals surface area contributed by atoms with Crippen molar-refractivity contribution in [3.63, 3.8) is 0 Å². The fourth-order valence-electron chi connectivity index (χ4n) is 2.80. The summed E-state index contributed by atoms with van der Waals surface area (Å²) in [6.45, 7) is 0. The molecule has 1 atom stereocenters. The van der Waals surface area contributed by atoms with Gasteiger partial charge in [-0.15, -0.1) is 0 Å². The minimum atomic E-state index is -0.770. The molecule has 2 aliphatic rings. The highest BCUT2D eigenvalue weighted by Crippen LogP contribution is 2.47. The van der Waals surface area contributed by atoms with Gasteiger partial charge in [-0.1, -0.05) is 18.2 Å². The molecule has 18 heavy (non-hydrogen) atoms. The van der Waals surface area contributed by atoms with Crippen molar-refractivity contribution in [2.24, 2.45) is 5.92 Å². The van der Waals surface area contributed by atoms with Gasteiger partial charge >= 0.3 is 5.97 Å². The molecule has 0 spiro atoms. The number of carbonyl (C=O) groups is 2. The van der Waals surface area contributed by atoms with Crippen LogP contribution in [-0.4, -0.2) is 17.0 Å². The Morgan fingerprint density at radius 1 is 1.44 bits per heavy atom. The number of para-hydroxylation sites is 1. The van der Waals surface area contributed by atoms with Gasteiger partial charge in [0.1, 0.15) is 0 Å². The van der Waals surface area contributed by atoms with E-state index in [0.29, 0.717) is 12.3 Å². The van der Waals surface area contributed by atoms with Crippen molar-refractivity contribution in [2.75, 3.05) is 5.32 Å². The number of nitrogens with one attached hydrogen (secondary N) is 1. The summed E-state index contributed by atoms with van der Waals surface area (Å²) >= 11 is 0. The van der Waals surface area contributed by atoms with Gasteiger partial charge in [0.15, 0.2) is 0 Å². The van der Waals surface area contributed by atoms with Gasteiger partial charge in [-0.3, -0.25) is 9.59 Å². The van der Waals surface area contributed by atoms with E-state index in [1.165, 1.54) is 0 Å². The Balaban J connectivity index is 1.97. The summed E-state index contributed by atoms with van der Waals surface area (Å²) in [7, 11) is 0. The number of hydrogen-bond acceptors (Lipinski definition) is 2. The second-order valence-corrected chi connectivity index (χ2v) is 5.15. The van der Waals surface area contributed by atoms with Crippen molar-refractivity contribution >= 4 is 17.6 Å². The van der Waals surface area contributed by atoms with Crippen LogP contribution in [0.1, 0.15) is 36.3 Å². The molecule has 0 bridgehead atoms. The molecule has 1 aromatic rings. The first-order valence-electron chi connectivity index (χ1n) is 6.28. The molecule has 1 fully saturated rings. The van der Waals surface area contributed by atoms with Gasteiger partial charge in [-0.05, 0) is 35.8 Å². The maximum atomic E-state index is 11.5. The average Bonchev–Trinajstić information content (AvgIpc) is 3.06. The lowest BCUT2D eigenvalue weighted by molar-refractivity contribution is -0.137. The molecule has 0 saturated heterocycles. The van der Waals surface area contributed by atoms with Crippen LogP contribution >= 0.6 is 0 Å². The summed E-state index contributed by atoms with van der Waals surface area (Å²) in [5, 5.41) is 11.9. The minimum absolute atomic E-state index is 0.00215. The summed E-state index contributed by atoms with van der Waals surface area (Å²) in [6.07, 6.45) is 2.75. The van der Waals surface area contributed by atoms with Crippen LogP contribution in [0, 0.1) is 5.92 Å². The predicted octanol–water partition coefficient (Wildman–Crippen LogP) is 2.15. The number of benzene rings is 1. The molecule has 2 N–H and O–H groups in total. The Kier molecular flexibility index (Phi) is 2.58. The van der Waals surface area contributed by atoms with Crippen molar-refractivity contribution in [3.8, 4) is 0 Å². The minimum Gasteiger partial charge on any atom is -0.481 e. The smallest absolute Gasteiger partial charge is 0.303 e. The van der Waals surface area contributed by atoms with Crippen molar-refractivity contribution in [2.45, 2.75) is 31.6 Å². The number of fused-ring (bicyclic) bond motifs is 1. The summed E-state index contributed by atoms with van der Waals surface area (Å²) in [5.41, 5.74) is 2.86.